The van der Waals surface area contributed by atoms with E-state index in [1.165, 1.54) is 25.8 Å². The zero-order valence-electron chi connectivity index (χ0n) is 14.5. The minimum atomic E-state index is -0.674. The van der Waals surface area contributed by atoms with E-state index >= 15 is 0 Å². The molecule has 1 saturated heterocycles. The number of aliphatic hydroxyl groups is 1. The fraction of sp³-hybridized carbons (Fsp3) is 0.625. The van der Waals surface area contributed by atoms with Gasteiger partial charge in [0.2, 0.25) is 0 Å². The standard InChI is InChI=1S/C16H22N4O6/c1-10-11(9-21)6-14(19(22)23)15(16(10)20(24)25)17-7-13-8-18(4-5-26-13)12-2-3-12/h6,12-13,17,21H,2-5,7-9H2,1H3. The second kappa shape index (κ2) is 7.52. The number of aliphatic hydroxyl groups excluding tert-OH is 1. The van der Waals surface area contributed by atoms with E-state index in [1.807, 2.05) is 0 Å². The lowest BCUT2D eigenvalue weighted by Crippen LogP contribution is -2.46. The quantitative estimate of drug-likeness (QED) is 0.549. The second-order valence-corrected chi connectivity index (χ2v) is 6.68. The Hall–Kier alpha value is -2.30. The molecule has 2 fully saturated rings. The number of hydrogen-bond acceptors (Lipinski definition) is 8. The Labute approximate surface area is 150 Å². The van der Waals surface area contributed by atoms with Gasteiger partial charge in [0.05, 0.1) is 29.2 Å². The van der Waals surface area contributed by atoms with Gasteiger partial charge in [-0.05, 0) is 25.3 Å². The van der Waals surface area contributed by atoms with E-state index < -0.39 is 22.1 Å². The Morgan fingerprint density at radius 2 is 2.08 bits per heavy atom. The fourth-order valence-electron chi connectivity index (χ4n) is 3.37. The van der Waals surface area contributed by atoms with Gasteiger partial charge in [-0.15, -0.1) is 0 Å². The molecule has 2 N–H and O–H groups in total. The number of rotatable bonds is 7. The highest BCUT2D eigenvalue weighted by atomic mass is 16.6. The normalized spacial score (nSPS) is 20.8. The lowest BCUT2D eigenvalue weighted by molar-refractivity contribution is -0.392. The third-order valence-corrected chi connectivity index (χ3v) is 4.93. The molecule has 1 unspecified atom stereocenters. The summed E-state index contributed by atoms with van der Waals surface area (Å²) in [6.45, 7) is 3.36. The van der Waals surface area contributed by atoms with Crippen LogP contribution >= 0.6 is 0 Å². The number of nitro groups is 2. The van der Waals surface area contributed by atoms with Gasteiger partial charge in [0.1, 0.15) is 0 Å². The highest BCUT2D eigenvalue weighted by molar-refractivity contribution is 5.77. The monoisotopic (exact) mass is 366 g/mol. The predicted octanol–water partition coefficient (Wildman–Crippen LogP) is 1.58. The topological polar surface area (TPSA) is 131 Å². The first-order valence-electron chi connectivity index (χ1n) is 8.58. The summed E-state index contributed by atoms with van der Waals surface area (Å²) in [5, 5.41) is 35.1. The zero-order valence-corrected chi connectivity index (χ0v) is 14.5. The van der Waals surface area contributed by atoms with E-state index in [9.17, 15) is 25.3 Å². The molecule has 1 aliphatic heterocycles. The van der Waals surface area contributed by atoms with Gasteiger partial charge in [-0.2, -0.15) is 0 Å². The minimum Gasteiger partial charge on any atom is -0.392 e. The van der Waals surface area contributed by atoms with Gasteiger partial charge < -0.3 is 15.2 Å². The summed E-state index contributed by atoms with van der Waals surface area (Å²) in [4.78, 5) is 23.9. The molecule has 10 heteroatoms. The molecule has 0 aromatic heterocycles. The van der Waals surface area contributed by atoms with Gasteiger partial charge in [-0.1, -0.05) is 0 Å². The van der Waals surface area contributed by atoms with Crippen LogP contribution in [0.15, 0.2) is 6.07 Å². The molecule has 0 bridgehead atoms. The van der Waals surface area contributed by atoms with Gasteiger partial charge in [-0.25, -0.2) is 0 Å². The van der Waals surface area contributed by atoms with Crippen LogP contribution in [0.5, 0.6) is 0 Å². The predicted molar refractivity (Wildman–Crippen MR) is 93.2 cm³/mol. The fourth-order valence-corrected chi connectivity index (χ4v) is 3.37. The summed E-state index contributed by atoms with van der Waals surface area (Å²) in [6, 6.07) is 1.78. The summed E-state index contributed by atoms with van der Waals surface area (Å²) < 4.78 is 5.70. The average Bonchev–Trinajstić information content (AvgIpc) is 3.44. The third kappa shape index (κ3) is 3.76. The van der Waals surface area contributed by atoms with Crippen LogP contribution in [0.1, 0.15) is 24.0 Å². The molecule has 1 atom stereocenters. The van der Waals surface area contributed by atoms with Crippen LogP contribution in [-0.4, -0.2) is 58.2 Å². The van der Waals surface area contributed by atoms with Crippen molar-refractivity contribution in [1.82, 2.24) is 4.90 Å². The highest BCUT2D eigenvalue weighted by Crippen LogP contribution is 2.39. The molecule has 10 nitrogen and oxygen atoms in total. The molecule has 26 heavy (non-hydrogen) atoms. The minimum absolute atomic E-state index is 0.137. The maximum Gasteiger partial charge on any atom is 0.302 e. The van der Waals surface area contributed by atoms with E-state index in [4.69, 9.17) is 4.74 Å². The Morgan fingerprint density at radius 3 is 2.65 bits per heavy atom. The largest absolute Gasteiger partial charge is 0.392 e. The Bertz CT molecular complexity index is 721. The van der Waals surface area contributed by atoms with E-state index in [-0.39, 0.29) is 35.2 Å². The maximum atomic E-state index is 11.5. The summed E-state index contributed by atoms with van der Waals surface area (Å²) >= 11 is 0. The van der Waals surface area contributed by atoms with Gasteiger partial charge in [-0.3, -0.25) is 25.1 Å². The lowest BCUT2D eigenvalue weighted by Gasteiger charge is -2.33. The molecular weight excluding hydrogens is 344 g/mol. The van der Waals surface area contributed by atoms with Crippen molar-refractivity contribution in [3.8, 4) is 0 Å². The van der Waals surface area contributed by atoms with Crippen LogP contribution in [0.2, 0.25) is 0 Å². The summed E-state index contributed by atoms with van der Waals surface area (Å²) in [7, 11) is 0. The van der Waals surface area contributed by atoms with Crippen molar-refractivity contribution in [2.45, 2.75) is 38.5 Å². The van der Waals surface area contributed by atoms with Crippen LogP contribution in [0.4, 0.5) is 17.1 Å². The molecular formula is C16H22N4O6. The summed E-state index contributed by atoms with van der Waals surface area (Å²) in [6.07, 6.45) is 2.17. The van der Waals surface area contributed by atoms with E-state index in [0.29, 0.717) is 19.2 Å². The SMILES string of the molecule is Cc1c(CO)cc([N+](=O)[O-])c(NCC2CN(C3CC3)CCO2)c1[N+](=O)[O-]. The third-order valence-electron chi connectivity index (χ3n) is 4.93. The van der Waals surface area contributed by atoms with Crippen molar-refractivity contribution in [1.29, 1.82) is 0 Å². The summed E-state index contributed by atoms with van der Waals surface area (Å²) in [5.74, 6) is 0. The zero-order chi connectivity index (χ0) is 18.8. The molecule has 1 aromatic rings. The van der Waals surface area contributed by atoms with Gasteiger partial charge in [0.15, 0.2) is 5.69 Å². The average molecular weight is 366 g/mol. The molecule has 0 radical (unpaired) electrons. The first-order chi connectivity index (χ1) is 12.4. The van der Waals surface area contributed by atoms with Crippen LogP contribution in [0.3, 0.4) is 0 Å². The van der Waals surface area contributed by atoms with E-state index in [0.717, 1.165) is 6.54 Å². The van der Waals surface area contributed by atoms with Crippen molar-refractivity contribution >= 4 is 17.1 Å². The van der Waals surface area contributed by atoms with Gasteiger partial charge in [0.25, 0.3) is 5.69 Å². The Kier molecular flexibility index (Phi) is 5.35. The number of morpholine rings is 1. The number of ether oxygens (including phenoxy) is 1. The maximum absolute atomic E-state index is 11.5. The molecule has 1 aromatic carbocycles. The second-order valence-electron chi connectivity index (χ2n) is 6.68. The first-order valence-corrected chi connectivity index (χ1v) is 8.58. The molecule has 0 amide bonds. The van der Waals surface area contributed by atoms with Crippen LogP contribution in [0, 0.1) is 27.2 Å². The molecule has 3 rings (SSSR count). The molecule has 142 valence electrons. The Balaban J connectivity index is 1.84. The van der Waals surface area contributed by atoms with Crippen molar-refractivity contribution in [2.75, 3.05) is 31.6 Å². The smallest absolute Gasteiger partial charge is 0.302 e. The van der Waals surface area contributed by atoms with Crippen molar-refractivity contribution in [3.05, 3.63) is 37.4 Å². The molecule has 2 aliphatic rings. The Morgan fingerprint density at radius 1 is 1.35 bits per heavy atom. The summed E-state index contributed by atoms with van der Waals surface area (Å²) in [5.41, 5.74) is -0.543. The van der Waals surface area contributed by atoms with Crippen LogP contribution in [0.25, 0.3) is 0 Å². The number of benzene rings is 1. The number of nitrogens with zero attached hydrogens (tertiary/aromatic N) is 3. The number of anilines is 1. The number of nitrogens with one attached hydrogen (secondary N) is 1. The van der Waals surface area contributed by atoms with Crippen LogP contribution in [-0.2, 0) is 11.3 Å². The number of nitro benzene ring substituents is 2. The van der Waals surface area contributed by atoms with Gasteiger partial charge in [0, 0.05) is 37.3 Å². The number of hydrogen-bond donors (Lipinski definition) is 2. The molecule has 1 saturated carbocycles. The molecule has 0 spiro atoms. The van der Waals surface area contributed by atoms with Crippen molar-refractivity contribution in [3.63, 3.8) is 0 Å². The van der Waals surface area contributed by atoms with Crippen molar-refractivity contribution in [2.24, 2.45) is 0 Å². The van der Waals surface area contributed by atoms with E-state index in [1.54, 1.807) is 0 Å². The lowest BCUT2D eigenvalue weighted by atomic mass is 10.0. The van der Waals surface area contributed by atoms with Crippen molar-refractivity contribution < 1.29 is 19.7 Å². The first kappa shape index (κ1) is 18.5. The van der Waals surface area contributed by atoms with E-state index in [2.05, 4.69) is 10.2 Å². The highest BCUT2D eigenvalue weighted by Gasteiger charge is 2.34. The molecule has 1 heterocycles. The van der Waals surface area contributed by atoms with Crippen LogP contribution < -0.4 is 5.32 Å². The molecule has 1 aliphatic carbocycles. The van der Waals surface area contributed by atoms with Gasteiger partial charge >= 0.3 is 5.69 Å².